The number of hydrogen-bond acceptors (Lipinski definition) is 3. The zero-order valence-corrected chi connectivity index (χ0v) is 15.1. The molecule has 1 amide bonds. The van der Waals surface area contributed by atoms with E-state index >= 15 is 0 Å². The number of nitrogens with one attached hydrogen (secondary N) is 2. The number of anilines is 1. The first-order valence-electron chi connectivity index (χ1n) is 8.71. The Morgan fingerprint density at radius 2 is 1.93 bits per heavy atom. The Kier molecular flexibility index (Phi) is 4.49. The SMILES string of the molecule is Cc1cccc2c1c(C(=O)C(=O)Nc1cc[nH]n1)cn2Cc1ccc(F)cc1. The van der Waals surface area contributed by atoms with Crippen LogP contribution in [0.3, 0.4) is 0 Å². The van der Waals surface area contributed by atoms with Gasteiger partial charge in [0.2, 0.25) is 0 Å². The maximum absolute atomic E-state index is 13.2. The van der Waals surface area contributed by atoms with E-state index in [1.165, 1.54) is 12.1 Å². The maximum atomic E-state index is 13.2. The van der Waals surface area contributed by atoms with Crippen molar-refractivity contribution >= 4 is 28.4 Å². The molecular formula is C21H17FN4O2. The van der Waals surface area contributed by atoms with Gasteiger partial charge in [-0.25, -0.2) is 4.39 Å². The highest BCUT2D eigenvalue weighted by Gasteiger charge is 2.23. The topological polar surface area (TPSA) is 79.8 Å². The summed E-state index contributed by atoms with van der Waals surface area (Å²) in [5.74, 6) is -1.41. The van der Waals surface area contributed by atoms with Crippen LogP contribution in [0.4, 0.5) is 10.2 Å². The normalized spacial score (nSPS) is 10.9. The molecule has 7 heteroatoms. The average Bonchev–Trinajstić information content (AvgIpc) is 3.32. The second-order valence-corrected chi connectivity index (χ2v) is 6.51. The number of halogens is 1. The molecule has 2 N–H and O–H groups in total. The van der Waals surface area contributed by atoms with E-state index < -0.39 is 11.7 Å². The van der Waals surface area contributed by atoms with Crippen molar-refractivity contribution in [3.63, 3.8) is 0 Å². The number of fused-ring (bicyclic) bond motifs is 1. The van der Waals surface area contributed by atoms with E-state index in [-0.39, 0.29) is 11.6 Å². The zero-order valence-electron chi connectivity index (χ0n) is 15.1. The first-order chi connectivity index (χ1) is 13.5. The summed E-state index contributed by atoms with van der Waals surface area (Å²) in [4.78, 5) is 25.2. The predicted molar refractivity (Wildman–Crippen MR) is 104 cm³/mol. The van der Waals surface area contributed by atoms with Gasteiger partial charge in [0.1, 0.15) is 5.82 Å². The van der Waals surface area contributed by atoms with Crippen LogP contribution < -0.4 is 5.32 Å². The van der Waals surface area contributed by atoms with Gasteiger partial charge in [0.15, 0.2) is 5.82 Å². The highest BCUT2D eigenvalue weighted by atomic mass is 19.1. The van der Waals surface area contributed by atoms with Crippen molar-refractivity contribution in [3.05, 3.63) is 83.4 Å². The highest BCUT2D eigenvalue weighted by Crippen LogP contribution is 2.26. The molecule has 2 heterocycles. The summed E-state index contributed by atoms with van der Waals surface area (Å²) in [5, 5.41) is 9.63. The lowest BCUT2D eigenvalue weighted by molar-refractivity contribution is -0.112. The van der Waals surface area contributed by atoms with Crippen molar-refractivity contribution in [3.8, 4) is 0 Å². The third-order valence-corrected chi connectivity index (χ3v) is 4.57. The summed E-state index contributed by atoms with van der Waals surface area (Å²) >= 11 is 0. The third-order valence-electron chi connectivity index (χ3n) is 4.57. The van der Waals surface area contributed by atoms with Gasteiger partial charge in [-0.3, -0.25) is 14.7 Å². The van der Waals surface area contributed by atoms with Gasteiger partial charge in [-0.2, -0.15) is 5.10 Å². The summed E-state index contributed by atoms with van der Waals surface area (Å²) in [5.41, 5.74) is 2.94. The summed E-state index contributed by atoms with van der Waals surface area (Å²) in [6.07, 6.45) is 3.23. The van der Waals surface area contributed by atoms with Gasteiger partial charge in [0.05, 0.1) is 5.56 Å². The van der Waals surface area contributed by atoms with Crippen molar-refractivity contribution in [2.45, 2.75) is 13.5 Å². The summed E-state index contributed by atoms with van der Waals surface area (Å²) in [6.45, 7) is 2.35. The van der Waals surface area contributed by atoms with Crippen molar-refractivity contribution in [1.29, 1.82) is 0 Å². The minimum atomic E-state index is -0.754. The number of nitrogens with zero attached hydrogens (tertiary/aromatic N) is 2. The summed E-state index contributed by atoms with van der Waals surface area (Å²) in [6, 6.07) is 13.4. The van der Waals surface area contributed by atoms with Crippen LogP contribution in [0.25, 0.3) is 10.9 Å². The Labute approximate surface area is 160 Å². The second kappa shape index (κ2) is 7.11. The molecule has 0 aliphatic rings. The Hall–Kier alpha value is -3.74. The number of aryl methyl sites for hydroxylation is 1. The molecule has 140 valence electrons. The van der Waals surface area contributed by atoms with E-state index in [2.05, 4.69) is 15.5 Å². The molecule has 0 saturated carbocycles. The van der Waals surface area contributed by atoms with Crippen LogP contribution in [0.15, 0.2) is 60.9 Å². The number of aromatic nitrogens is 3. The number of carbonyl (C=O) groups excluding carboxylic acids is 2. The van der Waals surface area contributed by atoms with E-state index in [1.54, 1.807) is 30.6 Å². The molecule has 4 aromatic rings. The number of benzene rings is 2. The summed E-state index contributed by atoms with van der Waals surface area (Å²) in [7, 11) is 0. The van der Waals surface area contributed by atoms with Gasteiger partial charge in [-0.15, -0.1) is 0 Å². The largest absolute Gasteiger partial charge is 0.342 e. The Bertz CT molecular complexity index is 1160. The van der Waals surface area contributed by atoms with E-state index in [0.29, 0.717) is 12.1 Å². The minimum absolute atomic E-state index is 0.283. The summed E-state index contributed by atoms with van der Waals surface area (Å²) < 4.78 is 15.1. The van der Waals surface area contributed by atoms with Crippen LogP contribution in [-0.4, -0.2) is 26.5 Å². The lowest BCUT2D eigenvalue weighted by Gasteiger charge is -2.06. The quantitative estimate of drug-likeness (QED) is 0.412. The zero-order chi connectivity index (χ0) is 19.7. The van der Waals surface area contributed by atoms with Crippen LogP contribution in [-0.2, 0) is 11.3 Å². The molecular weight excluding hydrogens is 359 g/mol. The molecule has 0 radical (unpaired) electrons. The molecule has 0 aliphatic carbocycles. The molecule has 4 rings (SSSR count). The number of rotatable bonds is 5. The molecule has 0 bridgehead atoms. The molecule has 0 saturated heterocycles. The van der Waals surface area contributed by atoms with Crippen molar-refractivity contribution in [1.82, 2.24) is 14.8 Å². The highest BCUT2D eigenvalue weighted by molar-refractivity contribution is 6.48. The van der Waals surface area contributed by atoms with Gasteiger partial charge in [0, 0.05) is 35.9 Å². The average molecular weight is 376 g/mol. The smallest absolute Gasteiger partial charge is 0.298 e. The molecule has 0 fully saturated rings. The lowest BCUT2D eigenvalue weighted by atomic mass is 10.0. The molecule has 0 spiro atoms. The predicted octanol–water partition coefficient (Wildman–Crippen LogP) is 3.68. The fraction of sp³-hybridized carbons (Fsp3) is 0.0952. The van der Waals surface area contributed by atoms with E-state index in [0.717, 1.165) is 22.0 Å². The monoisotopic (exact) mass is 376 g/mol. The fourth-order valence-corrected chi connectivity index (χ4v) is 3.25. The molecule has 28 heavy (non-hydrogen) atoms. The lowest BCUT2D eigenvalue weighted by Crippen LogP contribution is -2.23. The number of aromatic amines is 1. The first kappa shape index (κ1) is 17.7. The van der Waals surface area contributed by atoms with Gasteiger partial charge >= 0.3 is 0 Å². The number of hydrogen-bond donors (Lipinski definition) is 2. The third kappa shape index (κ3) is 3.29. The van der Waals surface area contributed by atoms with Gasteiger partial charge < -0.3 is 9.88 Å². The fourth-order valence-electron chi connectivity index (χ4n) is 3.25. The molecule has 6 nitrogen and oxygen atoms in total. The number of amides is 1. The Balaban J connectivity index is 1.72. The van der Waals surface area contributed by atoms with E-state index in [1.807, 2.05) is 29.7 Å². The molecule has 0 unspecified atom stereocenters. The standard InChI is InChI=1S/C21H17FN4O2/c1-13-3-2-4-17-19(13)16(20(27)21(28)24-18-9-10-23-25-18)12-26(17)11-14-5-7-15(22)8-6-14/h2-10,12H,11H2,1H3,(H2,23,24,25,28). The van der Waals surface area contributed by atoms with Crippen molar-refractivity contribution < 1.29 is 14.0 Å². The minimum Gasteiger partial charge on any atom is -0.342 e. The molecule has 2 aromatic carbocycles. The van der Waals surface area contributed by atoms with Gasteiger partial charge in [-0.1, -0.05) is 24.3 Å². The van der Waals surface area contributed by atoms with E-state index in [4.69, 9.17) is 0 Å². The van der Waals surface area contributed by atoms with Crippen LogP contribution in [0.2, 0.25) is 0 Å². The second-order valence-electron chi connectivity index (χ2n) is 6.51. The molecule has 0 atom stereocenters. The first-order valence-corrected chi connectivity index (χ1v) is 8.71. The van der Waals surface area contributed by atoms with Crippen molar-refractivity contribution in [2.75, 3.05) is 5.32 Å². The number of Topliss-reactive ketones (excluding diaryl/α,β-unsaturated/α-hetero) is 1. The number of H-pyrrole nitrogens is 1. The van der Waals surface area contributed by atoms with Crippen LogP contribution >= 0.6 is 0 Å². The Morgan fingerprint density at radius 1 is 1.14 bits per heavy atom. The molecule has 2 aromatic heterocycles. The number of ketones is 1. The van der Waals surface area contributed by atoms with Crippen LogP contribution in [0, 0.1) is 12.7 Å². The van der Waals surface area contributed by atoms with Crippen molar-refractivity contribution in [2.24, 2.45) is 0 Å². The number of carbonyl (C=O) groups is 2. The molecule has 0 aliphatic heterocycles. The van der Waals surface area contributed by atoms with E-state index in [9.17, 15) is 14.0 Å². The van der Waals surface area contributed by atoms with Gasteiger partial charge in [0.25, 0.3) is 11.7 Å². The maximum Gasteiger partial charge on any atom is 0.298 e. The Morgan fingerprint density at radius 3 is 2.64 bits per heavy atom. The van der Waals surface area contributed by atoms with Crippen LogP contribution in [0.1, 0.15) is 21.5 Å². The van der Waals surface area contributed by atoms with Gasteiger partial charge in [-0.05, 0) is 36.2 Å². The van der Waals surface area contributed by atoms with Crippen LogP contribution in [0.5, 0.6) is 0 Å².